The number of fused-ring (bicyclic) bond motifs is 2. The van der Waals surface area contributed by atoms with Crippen molar-refractivity contribution < 1.29 is 8.42 Å². The molecule has 29 heavy (non-hydrogen) atoms. The third-order valence-corrected chi connectivity index (χ3v) is 7.81. The maximum atomic E-state index is 13.5. The Morgan fingerprint density at radius 3 is 2.48 bits per heavy atom. The van der Waals surface area contributed by atoms with Gasteiger partial charge in [0.25, 0.3) is 0 Å². The van der Waals surface area contributed by atoms with Crippen molar-refractivity contribution in [3.05, 3.63) is 65.9 Å². The minimum atomic E-state index is -3.65. The van der Waals surface area contributed by atoms with Crippen LogP contribution in [-0.2, 0) is 23.1 Å². The Balaban J connectivity index is 1.49. The van der Waals surface area contributed by atoms with E-state index < -0.39 is 10.0 Å². The topological polar surface area (TPSA) is 56.8 Å². The number of aromatic nitrogens is 1. The molecular weight excluding hydrogens is 384 g/mol. The summed E-state index contributed by atoms with van der Waals surface area (Å²) >= 11 is 0. The van der Waals surface area contributed by atoms with Crippen LogP contribution < -0.4 is 4.90 Å². The molecule has 6 nitrogen and oxygen atoms in total. The van der Waals surface area contributed by atoms with Gasteiger partial charge in [0.05, 0.1) is 5.52 Å². The fourth-order valence-corrected chi connectivity index (χ4v) is 5.86. The van der Waals surface area contributed by atoms with Crippen LogP contribution in [-0.4, -0.2) is 55.8 Å². The van der Waals surface area contributed by atoms with E-state index in [-0.39, 0.29) is 4.90 Å². The Morgan fingerprint density at radius 2 is 1.66 bits per heavy atom. The molecule has 0 unspecified atom stereocenters. The standard InChI is InChI=1S/C22H24N4O2S/c1-24-11-13-25(14-12-24)20-8-2-6-18-15-26(16-19(18)20)29(27,28)21-9-3-5-17-7-4-10-23-22(17)21/h2-10H,11-16H2,1H3. The molecule has 0 N–H and O–H groups in total. The van der Waals surface area contributed by atoms with E-state index >= 15 is 0 Å². The molecule has 0 saturated carbocycles. The molecule has 2 aliphatic rings. The molecule has 1 aromatic heterocycles. The zero-order valence-corrected chi connectivity index (χ0v) is 17.3. The first-order chi connectivity index (χ1) is 14.0. The van der Waals surface area contributed by atoms with Gasteiger partial charge in [-0.2, -0.15) is 4.31 Å². The van der Waals surface area contributed by atoms with Crippen LogP contribution in [0.2, 0.25) is 0 Å². The highest BCUT2D eigenvalue weighted by molar-refractivity contribution is 7.89. The second-order valence-electron chi connectivity index (χ2n) is 7.81. The SMILES string of the molecule is CN1CCN(c2cccc3c2CN(S(=O)(=O)c2cccc4cccnc24)C3)CC1. The molecule has 0 aliphatic carbocycles. The lowest BCUT2D eigenvalue weighted by Gasteiger charge is -2.35. The quantitative estimate of drug-likeness (QED) is 0.667. The first kappa shape index (κ1) is 18.5. The summed E-state index contributed by atoms with van der Waals surface area (Å²) in [5.74, 6) is 0. The van der Waals surface area contributed by atoms with Gasteiger partial charge >= 0.3 is 0 Å². The van der Waals surface area contributed by atoms with Crippen molar-refractivity contribution in [2.24, 2.45) is 0 Å². The van der Waals surface area contributed by atoms with E-state index in [1.54, 1.807) is 22.6 Å². The molecule has 2 aliphatic heterocycles. The zero-order valence-electron chi connectivity index (χ0n) is 16.5. The summed E-state index contributed by atoms with van der Waals surface area (Å²) in [6.07, 6.45) is 1.64. The molecule has 7 heteroatoms. The largest absolute Gasteiger partial charge is 0.369 e. The van der Waals surface area contributed by atoms with Crippen LogP contribution in [0.1, 0.15) is 11.1 Å². The molecule has 0 atom stereocenters. The van der Waals surface area contributed by atoms with Crippen LogP contribution >= 0.6 is 0 Å². The molecule has 0 amide bonds. The van der Waals surface area contributed by atoms with Gasteiger partial charge < -0.3 is 9.80 Å². The van der Waals surface area contributed by atoms with Crippen molar-refractivity contribution in [2.45, 2.75) is 18.0 Å². The van der Waals surface area contributed by atoms with Crippen molar-refractivity contribution in [2.75, 3.05) is 38.1 Å². The van der Waals surface area contributed by atoms with Gasteiger partial charge in [-0.3, -0.25) is 4.98 Å². The average Bonchev–Trinajstić information content (AvgIpc) is 3.19. The smallest absolute Gasteiger partial charge is 0.245 e. The molecule has 3 heterocycles. The maximum absolute atomic E-state index is 13.5. The lowest BCUT2D eigenvalue weighted by atomic mass is 10.1. The van der Waals surface area contributed by atoms with E-state index in [0.29, 0.717) is 18.6 Å². The fourth-order valence-electron chi connectivity index (χ4n) is 4.31. The lowest BCUT2D eigenvalue weighted by molar-refractivity contribution is 0.312. The van der Waals surface area contributed by atoms with Crippen LogP contribution in [0, 0.1) is 0 Å². The number of pyridine rings is 1. The molecule has 150 valence electrons. The van der Waals surface area contributed by atoms with Gasteiger partial charge in [-0.25, -0.2) is 8.42 Å². The molecule has 1 fully saturated rings. The Morgan fingerprint density at radius 1 is 0.897 bits per heavy atom. The number of para-hydroxylation sites is 1. The number of sulfonamides is 1. The summed E-state index contributed by atoms with van der Waals surface area (Å²) in [6.45, 7) is 4.78. The minimum absolute atomic E-state index is 0.282. The second-order valence-corrected chi connectivity index (χ2v) is 9.72. The summed E-state index contributed by atoms with van der Waals surface area (Å²) < 4.78 is 28.6. The number of hydrogen-bond acceptors (Lipinski definition) is 5. The monoisotopic (exact) mass is 408 g/mol. The number of hydrogen-bond donors (Lipinski definition) is 0. The van der Waals surface area contributed by atoms with E-state index in [9.17, 15) is 8.42 Å². The summed E-state index contributed by atoms with van der Waals surface area (Å²) in [5, 5.41) is 0.836. The van der Waals surface area contributed by atoms with Crippen LogP contribution in [0.4, 0.5) is 5.69 Å². The average molecular weight is 409 g/mol. The van der Waals surface area contributed by atoms with E-state index in [0.717, 1.165) is 42.7 Å². The van der Waals surface area contributed by atoms with Crippen LogP contribution in [0.25, 0.3) is 10.9 Å². The van der Waals surface area contributed by atoms with Crippen LogP contribution in [0.5, 0.6) is 0 Å². The van der Waals surface area contributed by atoms with Gasteiger partial charge in [0.15, 0.2) is 0 Å². The summed E-state index contributed by atoms with van der Waals surface area (Å²) in [7, 11) is -1.51. The van der Waals surface area contributed by atoms with Gasteiger partial charge in [-0.1, -0.05) is 30.3 Å². The number of rotatable bonds is 3. The highest BCUT2D eigenvalue weighted by Crippen LogP contribution is 2.36. The molecule has 0 radical (unpaired) electrons. The fraction of sp³-hybridized carbons (Fsp3) is 0.318. The molecule has 2 aromatic carbocycles. The Labute approximate surface area is 171 Å². The number of nitrogens with zero attached hydrogens (tertiary/aromatic N) is 4. The van der Waals surface area contributed by atoms with Crippen molar-refractivity contribution in [1.29, 1.82) is 0 Å². The van der Waals surface area contributed by atoms with Gasteiger partial charge in [0.2, 0.25) is 10.0 Å². The van der Waals surface area contributed by atoms with Crippen molar-refractivity contribution in [3.63, 3.8) is 0 Å². The molecule has 1 saturated heterocycles. The van der Waals surface area contributed by atoms with Crippen LogP contribution in [0.3, 0.4) is 0 Å². The van der Waals surface area contributed by atoms with Gasteiger partial charge in [0, 0.05) is 56.5 Å². The van der Waals surface area contributed by atoms with Crippen LogP contribution in [0.15, 0.2) is 59.6 Å². The third-order valence-electron chi connectivity index (χ3n) is 5.99. The molecule has 5 rings (SSSR count). The second kappa shape index (κ2) is 7.09. The molecule has 0 bridgehead atoms. The number of benzene rings is 2. The lowest BCUT2D eigenvalue weighted by Crippen LogP contribution is -2.44. The summed E-state index contributed by atoms with van der Waals surface area (Å²) in [6, 6.07) is 15.3. The number of piperazine rings is 1. The normalized spacial score (nSPS) is 18.3. The van der Waals surface area contributed by atoms with E-state index in [2.05, 4.69) is 27.9 Å². The number of anilines is 1. The predicted molar refractivity (Wildman–Crippen MR) is 114 cm³/mol. The first-order valence-electron chi connectivity index (χ1n) is 9.92. The Kier molecular flexibility index (Phi) is 4.53. The van der Waals surface area contributed by atoms with E-state index in [1.807, 2.05) is 30.3 Å². The highest BCUT2D eigenvalue weighted by Gasteiger charge is 2.34. The maximum Gasteiger partial charge on any atom is 0.245 e. The minimum Gasteiger partial charge on any atom is -0.369 e. The summed E-state index contributed by atoms with van der Waals surface area (Å²) in [4.78, 5) is 9.34. The van der Waals surface area contributed by atoms with Crippen molar-refractivity contribution >= 4 is 26.6 Å². The number of likely N-dealkylation sites (N-methyl/N-ethyl adjacent to an activating group) is 1. The highest BCUT2D eigenvalue weighted by atomic mass is 32.2. The third kappa shape index (κ3) is 3.19. The van der Waals surface area contributed by atoms with Gasteiger partial charge in [0.1, 0.15) is 4.90 Å². The molecule has 0 spiro atoms. The van der Waals surface area contributed by atoms with Crippen molar-refractivity contribution in [3.8, 4) is 0 Å². The Bertz CT molecular complexity index is 1170. The van der Waals surface area contributed by atoms with Gasteiger partial charge in [-0.05, 0) is 36.4 Å². The summed E-state index contributed by atoms with van der Waals surface area (Å²) in [5.41, 5.74) is 3.93. The molecular formula is C22H24N4O2S. The zero-order chi connectivity index (χ0) is 20.0. The van der Waals surface area contributed by atoms with Crippen molar-refractivity contribution in [1.82, 2.24) is 14.2 Å². The van der Waals surface area contributed by atoms with E-state index in [4.69, 9.17) is 0 Å². The molecule has 3 aromatic rings. The van der Waals surface area contributed by atoms with Gasteiger partial charge in [-0.15, -0.1) is 0 Å². The first-order valence-corrected chi connectivity index (χ1v) is 11.4. The Hall–Kier alpha value is -2.48. The van der Waals surface area contributed by atoms with E-state index in [1.165, 1.54) is 5.69 Å². The predicted octanol–water partition coefficient (Wildman–Crippen LogP) is 2.69.